The molecule has 0 bridgehead atoms. The monoisotopic (exact) mass is 339 g/mol. The first-order valence-corrected chi connectivity index (χ1v) is 8.33. The van der Waals surface area contributed by atoms with E-state index in [4.69, 9.17) is 9.84 Å². The van der Waals surface area contributed by atoms with Crippen LogP contribution in [0.1, 0.15) is 37.3 Å². The second-order valence-corrected chi connectivity index (χ2v) is 6.49. The van der Waals surface area contributed by atoms with Gasteiger partial charge < -0.3 is 14.7 Å². The zero-order valence-corrected chi connectivity index (χ0v) is 14.3. The highest BCUT2D eigenvalue weighted by atomic mass is 16.5. The van der Waals surface area contributed by atoms with Crippen LogP contribution >= 0.6 is 0 Å². The van der Waals surface area contributed by atoms with E-state index < -0.39 is 12.1 Å². The molecule has 0 spiro atoms. The van der Waals surface area contributed by atoms with Gasteiger partial charge in [0.25, 0.3) is 5.91 Å². The number of anilines is 1. The van der Waals surface area contributed by atoms with Crippen molar-refractivity contribution in [2.75, 3.05) is 4.90 Å². The Balaban J connectivity index is 1.89. The summed E-state index contributed by atoms with van der Waals surface area (Å²) in [6.07, 6.45) is -1.35. The van der Waals surface area contributed by atoms with E-state index in [0.717, 1.165) is 5.56 Å². The highest BCUT2D eigenvalue weighted by Gasteiger charge is 2.35. The van der Waals surface area contributed by atoms with E-state index in [1.807, 2.05) is 30.3 Å². The van der Waals surface area contributed by atoms with Gasteiger partial charge in [0.05, 0.1) is 18.7 Å². The maximum Gasteiger partial charge on any atom is 0.307 e. The van der Waals surface area contributed by atoms with Crippen LogP contribution < -0.4 is 9.64 Å². The smallest absolute Gasteiger partial charge is 0.307 e. The molecule has 1 amide bonds. The Morgan fingerprint density at radius 3 is 2.48 bits per heavy atom. The lowest BCUT2D eigenvalue weighted by molar-refractivity contribution is -0.142. The van der Waals surface area contributed by atoms with Gasteiger partial charge in [-0.1, -0.05) is 50.2 Å². The van der Waals surface area contributed by atoms with Gasteiger partial charge >= 0.3 is 5.97 Å². The summed E-state index contributed by atoms with van der Waals surface area (Å²) in [5.41, 5.74) is 2.90. The van der Waals surface area contributed by atoms with E-state index in [0.29, 0.717) is 23.9 Å². The van der Waals surface area contributed by atoms with Crippen LogP contribution in [-0.2, 0) is 16.1 Å². The largest absolute Gasteiger partial charge is 0.481 e. The molecule has 0 saturated heterocycles. The Bertz CT molecular complexity index is 783. The summed E-state index contributed by atoms with van der Waals surface area (Å²) in [7, 11) is 0. The van der Waals surface area contributed by atoms with Crippen molar-refractivity contribution in [1.29, 1.82) is 0 Å². The number of hydrogen-bond acceptors (Lipinski definition) is 3. The summed E-state index contributed by atoms with van der Waals surface area (Å²) in [5.74, 6) is -0.403. The summed E-state index contributed by atoms with van der Waals surface area (Å²) in [5, 5.41) is 9.04. The second kappa shape index (κ2) is 6.97. The van der Waals surface area contributed by atoms with E-state index in [1.54, 1.807) is 11.0 Å². The Morgan fingerprint density at radius 2 is 1.84 bits per heavy atom. The SMILES string of the molecule is CC(C)c1ccc(CN2C(=O)C(CC(=O)O)Oc3ccccc32)cc1. The van der Waals surface area contributed by atoms with Crippen LogP contribution in [0.25, 0.3) is 0 Å². The third-order valence-corrected chi connectivity index (χ3v) is 4.31. The molecule has 130 valence electrons. The minimum Gasteiger partial charge on any atom is -0.481 e. The number of carboxylic acids is 1. The topological polar surface area (TPSA) is 66.8 Å². The van der Waals surface area contributed by atoms with Gasteiger partial charge in [0.15, 0.2) is 6.10 Å². The summed E-state index contributed by atoms with van der Waals surface area (Å²) >= 11 is 0. The maximum absolute atomic E-state index is 12.7. The number of para-hydroxylation sites is 2. The van der Waals surface area contributed by atoms with Crippen molar-refractivity contribution in [1.82, 2.24) is 0 Å². The summed E-state index contributed by atoms with van der Waals surface area (Å²) in [4.78, 5) is 25.4. The molecule has 2 aromatic rings. The summed E-state index contributed by atoms with van der Waals surface area (Å²) in [6.45, 7) is 4.65. The predicted molar refractivity (Wildman–Crippen MR) is 94.8 cm³/mol. The first kappa shape index (κ1) is 17.0. The molecule has 0 aromatic heterocycles. The third kappa shape index (κ3) is 3.65. The lowest BCUT2D eigenvalue weighted by Gasteiger charge is -2.34. The quantitative estimate of drug-likeness (QED) is 0.904. The molecule has 0 aliphatic carbocycles. The fraction of sp³-hybridized carbons (Fsp3) is 0.300. The second-order valence-electron chi connectivity index (χ2n) is 6.49. The Morgan fingerprint density at radius 1 is 1.16 bits per heavy atom. The number of carbonyl (C=O) groups excluding carboxylic acids is 1. The van der Waals surface area contributed by atoms with Crippen molar-refractivity contribution in [2.45, 2.75) is 38.8 Å². The van der Waals surface area contributed by atoms with E-state index in [9.17, 15) is 9.59 Å². The third-order valence-electron chi connectivity index (χ3n) is 4.31. The molecule has 1 atom stereocenters. The molecule has 0 radical (unpaired) electrons. The van der Waals surface area contributed by atoms with Gasteiger partial charge in [0.2, 0.25) is 0 Å². The summed E-state index contributed by atoms with van der Waals surface area (Å²) < 4.78 is 5.60. The van der Waals surface area contributed by atoms with E-state index in [-0.39, 0.29) is 12.3 Å². The predicted octanol–water partition coefficient (Wildman–Crippen LogP) is 3.58. The molecule has 25 heavy (non-hydrogen) atoms. The lowest BCUT2D eigenvalue weighted by atomic mass is 10.0. The highest BCUT2D eigenvalue weighted by Crippen LogP contribution is 2.35. The molecule has 1 aliphatic heterocycles. The first-order valence-electron chi connectivity index (χ1n) is 8.33. The van der Waals surface area contributed by atoms with Gasteiger partial charge in [0, 0.05) is 0 Å². The van der Waals surface area contributed by atoms with Crippen molar-refractivity contribution in [3.8, 4) is 5.75 Å². The molecule has 1 unspecified atom stereocenters. The molecule has 3 rings (SSSR count). The molecular weight excluding hydrogens is 318 g/mol. The Kier molecular flexibility index (Phi) is 4.74. The average Bonchev–Trinajstić information content (AvgIpc) is 2.58. The molecule has 0 fully saturated rings. The molecule has 2 aromatic carbocycles. The van der Waals surface area contributed by atoms with Gasteiger partial charge in [-0.3, -0.25) is 9.59 Å². The molecule has 1 aliphatic rings. The van der Waals surface area contributed by atoms with Crippen molar-refractivity contribution in [3.05, 3.63) is 59.7 Å². The molecule has 1 N–H and O–H groups in total. The maximum atomic E-state index is 12.7. The number of fused-ring (bicyclic) bond motifs is 1. The van der Waals surface area contributed by atoms with Crippen LogP contribution in [-0.4, -0.2) is 23.1 Å². The van der Waals surface area contributed by atoms with Crippen LogP contribution in [0.15, 0.2) is 48.5 Å². The number of carboxylic acid groups (broad SMARTS) is 1. The molecule has 5 heteroatoms. The fourth-order valence-corrected chi connectivity index (χ4v) is 2.92. The Labute approximate surface area is 146 Å². The first-order chi connectivity index (χ1) is 12.0. The van der Waals surface area contributed by atoms with Gasteiger partial charge in [-0.2, -0.15) is 0 Å². The minimum atomic E-state index is -1.06. The Hall–Kier alpha value is -2.82. The fourth-order valence-electron chi connectivity index (χ4n) is 2.92. The standard InChI is InChI=1S/C20H21NO4/c1-13(2)15-9-7-14(8-10-15)12-21-16-5-3-4-6-17(16)25-18(20(21)24)11-19(22)23/h3-10,13,18H,11-12H2,1-2H3,(H,22,23). The van der Waals surface area contributed by atoms with Crippen LogP contribution in [0, 0.1) is 0 Å². The zero-order valence-electron chi connectivity index (χ0n) is 14.3. The number of nitrogens with zero attached hydrogens (tertiary/aromatic N) is 1. The minimum absolute atomic E-state index is 0.325. The highest BCUT2D eigenvalue weighted by molar-refractivity contribution is 6.01. The van der Waals surface area contributed by atoms with Gasteiger partial charge in [-0.15, -0.1) is 0 Å². The molecule has 1 heterocycles. The van der Waals surface area contributed by atoms with Gasteiger partial charge in [0.1, 0.15) is 5.75 Å². The van der Waals surface area contributed by atoms with Gasteiger partial charge in [-0.05, 0) is 29.2 Å². The number of hydrogen-bond donors (Lipinski definition) is 1. The number of benzene rings is 2. The molecule has 5 nitrogen and oxygen atoms in total. The molecule has 0 saturated carbocycles. The number of rotatable bonds is 5. The van der Waals surface area contributed by atoms with Gasteiger partial charge in [-0.25, -0.2) is 0 Å². The van der Waals surface area contributed by atoms with Crippen molar-refractivity contribution in [3.63, 3.8) is 0 Å². The van der Waals surface area contributed by atoms with Crippen molar-refractivity contribution >= 4 is 17.6 Å². The molecular formula is C20H21NO4. The summed E-state index contributed by atoms with van der Waals surface area (Å²) in [6, 6.07) is 15.3. The van der Waals surface area contributed by atoms with Crippen molar-refractivity contribution < 1.29 is 19.4 Å². The van der Waals surface area contributed by atoms with E-state index in [2.05, 4.69) is 26.0 Å². The number of amides is 1. The van der Waals surface area contributed by atoms with Crippen LogP contribution in [0.2, 0.25) is 0 Å². The number of ether oxygens (including phenoxy) is 1. The van der Waals surface area contributed by atoms with Crippen LogP contribution in [0.3, 0.4) is 0 Å². The van der Waals surface area contributed by atoms with Crippen molar-refractivity contribution in [2.24, 2.45) is 0 Å². The van der Waals surface area contributed by atoms with Crippen LogP contribution in [0.4, 0.5) is 5.69 Å². The normalized spacial score (nSPS) is 16.5. The van der Waals surface area contributed by atoms with E-state index >= 15 is 0 Å². The number of aliphatic carboxylic acids is 1. The zero-order chi connectivity index (χ0) is 18.0. The van der Waals surface area contributed by atoms with E-state index in [1.165, 1.54) is 5.56 Å². The number of carbonyl (C=O) groups is 2. The lowest BCUT2D eigenvalue weighted by Crippen LogP contribution is -2.46. The average molecular weight is 339 g/mol. The van der Waals surface area contributed by atoms with Crippen LogP contribution in [0.5, 0.6) is 5.75 Å².